The largest absolute Gasteiger partial charge is 0.496 e. The van der Waals surface area contributed by atoms with Gasteiger partial charge in [0.15, 0.2) is 0 Å². The molecule has 3 aromatic rings. The molecule has 2 aromatic heterocycles. The van der Waals surface area contributed by atoms with Crippen molar-refractivity contribution in [1.82, 2.24) is 24.9 Å². The van der Waals surface area contributed by atoms with E-state index in [9.17, 15) is 22.8 Å². The van der Waals surface area contributed by atoms with Gasteiger partial charge in [-0.3, -0.25) is 19.1 Å². The Balaban J connectivity index is 0.00000481. The Morgan fingerprint density at radius 1 is 1.11 bits per heavy atom. The SMILES string of the molecule is COc1ccc2c(O[C@@H]3C[C@H]4C(=O)N[C@]5(C(=O)NS(=O)(=O)C6CC6)C[C@H]5/C=C\CCCCN(C)C(=O)[C@@H]4C3)cc(-c3nc(C(C)C)cs3)nc2c1C.[Na]. The predicted octanol–water partition coefficient (Wildman–Crippen LogP) is 4.87. The molecule has 0 unspecified atom stereocenters. The van der Waals surface area contributed by atoms with Crippen LogP contribution in [0.25, 0.3) is 21.6 Å². The molecule has 12 nitrogen and oxygen atoms in total. The van der Waals surface area contributed by atoms with E-state index in [1.807, 2.05) is 42.7 Å². The minimum atomic E-state index is -3.83. The van der Waals surface area contributed by atoms with E-state index in [1.165, 1.54) is 11.3 Å². The summed E-state index contributed by atoms with van der Waals surface area (Å²) < 4.78 is 40.2. The minimum absolute atomic E-state index is 0. The second-order valence-corrected chi connectivity index (χ2v) is 17.9. The second-order valence-electron chi connectivity index (χ2n) is 15.1. The van der Waals surface area contributed by atoms with Crippen LogP contribution in [-0.2, 0) is 24.4 Å². The van der Waals surface area contributed by atoms with Crippen LogP contribution in [0.2, 0.25) is 0 Å². The molecule has 3 heterocycles. The van der Waals surface area contributed by atoms with Crippen molar-refractivity contribution >= 4 is 79.5 Å². The number of nitrogens with one attached hydrogen (secondary N) is 2. The van der Waals surface area contributed by atoms with Crippen molar-refractivity contribution in [2.45, 2.75) is 94.9 Å². The average Bonchev–Trinajstić information content (AvgIpc) is 3.98. The summed E-state index contributed by atoms with van der Waals surface area (Å²) in [6, 6.07) is 5.66. The third-order valence-electron chi connectivity index (χ3n) is 11.0. The van der Waals surface area contributed by atoms with E-state index in [2.05, 4.69) is 23.9 Å². The van der Waals surface area contributed by atoms with Gasteiger partial charge in [-0.05, 0) is 76.3 Å². The quantitative estimate of drug-likeness (QED) is 0.241. The number of rotatable bonds is 8. The van der Waals surface area contributed by atoms with Crippen LogP contribution in [0.5, 0.6) is 11.5 Å². The first kappa shape index (κ1) is 39.6. The molecule has 53 heavy (non-hydrogen) atoms. The first-order valence-corrected chi connectivity index (χ1v) is 20.6. The number of sulfonamides is 1. The molecule has 1 radical (unpaired) electrons. The number of hydrogen-bond donors (Lipinski definition) is 2. The van der Waals surface area contributed by atoms with E-state index in [0.29, 0.717) is 48.5 Å². The maximum atomic E-state index is 14.3. The number of aromatic nitrogens is 2. The summed E-state index contributed by atoms with van der Waals surface area (Å²) in [5.74, 6) is -1.63. The number of carbonyl (C=O) groups excluding carboxylic acids is 3. The Hall–Kier alpha value is -3.04. The number of amides is 3. The normalized spacial score (nSPS) is 26.9. The molecule has 3 saturated carbocycles. The molecule has 0 saturated heterocycles. The number of ether oxygens (including phenoxy) is 2. The van der Waals surface area contributed by atoms with Crippen molar-refractivity contribution in [1.29, 1.82) is 0 Å². The average molecular weight is 773 g/mol. The number of hydrogen-bond acceptors (Lipinski definition) is 10. The van der Waals surface area contributed by atoms with E-state index >= 15 is 0 Å². The molecule has 3 fully saturated rings. The molecular formula is C38H47N5NaO7S2. The molecule has 5 atom stereocenters. The maximum Gasteiger partial charge on any atom is 0.259 e. The number of aryl methyl sites for hydroxylation is 1. The van der Waals surface area contributed by atoms with Crippen LogP contribution in [0.3, 0.4) is 0 Å². The molecule has 4 aliphatic rings. The summed E-state index contributed by atoms with van der Waals surface area (Å²) in [4.78, 5) is 53.5. The zero-order chi connectivity index (χ0) is 36.9. The number of thiazole rings is 1. The third-order valence-corrected chi connectivity index (χ3v) is 13.7. The number of pyridine rings is 1. The van der Waals surface area contributed by atoms with E-state index in [1.54, 1.807) is 19.1 Å². The Morgan fingerprint density at radius 2 is 1.87 bits per heavy atom. The number of benzene rings is 1. The summed E-state index contributed by atoms with van der Waals surface area (Å²) in [5, 5.41) is 5.95. The van der Waals surface area contributed by atoms with Gasteiger partial charge in [-0.25, -0.2) is 18.4 Å². The molecular weight excluding hydrogens is 726 g/mol. The molecule has 15 heteroatoms. The van der Waals surface area contributed by atoms with Gasteiger partial charge in [0.1, 0.15) is 33.8 Å². The summed E-state index contributed by atoms with van der Waals surface area (Å²) in [6.07, 6.45) is 7.61. The van der Waals surface area contributed by atoms with Crippen molar-refractivity contribution in [3.8, 4) is 22.2 Å². The Labute approximate surface area is 337 Å². The van der Waals surface area contributed by atoms with Gasteiger partial charge in [0.05, 0.1) is 35.4 Å². The molecule has 0 spiro atoms. The van der Waals surface area contributed by atoms with Crippen LogP contribution in [-0.4, -0.2) is 108 Å². The fraction of sp³-hybridized carbons (Fsp3) is 0.553. The van der Waals surface area contributed by atoms with Gasteiger partial charge >= 0.3 is 0 Å². The maximum absolute atomic E-state index is 14.3. The summed E-state index contributed by atoms with van der Waals surface area (Å²) in [7, 11) is -0.445. The van der Waals surface area contributed by atoms with E-state index in [0.717, 1.165) is 40.9 Å². The second kappa shape index (κ2) is 15.6. The molecule has 3 amide bonds. The molecule has 3 aliphatic carbocycles. The predicted molar refractivity (Wildman–Crippen MR) is 204 cm³/mol. The zero-order valence-corrected chi connectivity index (χ0v) is 34.9. The molecule has 0 bridgehead atoms. The van der Waals surface area contributed by atoms with E-state index in [-0.39, 0.29) is 60.1 Å². The standard InChI is InChI=1S/C38H47N5O7S2.Na/c1-21(2)30-20-51-35(40-30)29-18-32(26-13-14-31(49-5)22(3)33(26)39-29)50-24-16-27-28(17-24)36(45)43(4)15-9-7-6-8-10-23-19-38(23,41-34(27)44)37(46)42-52(47,48)25-11-12-25;/h8,10,13-14,18,20-21,23-25,27-28H,6-7,9,11-12,15-17,19H2,1-5H3,(H,41,44)(H,42,46);/b10-8-;/t23-,24-,27-,28-,38-;/m1./s1. The van der Waals surface area contributed by atoms with Gasteiger partial charge in [-0.15, -0.1) is 11.3 Å². The van der Waals surface area contributed by atoms with E-state index in [4.69, 9.17) is 19.4 Å². The van der Waals surface area contributed by atoms with Crippen LogP contribution in [0.1, 0.15) is 82.4 Å². The van der Waals surface area contributed by atoms with Crippen molar-refractivity contribution in [2.75, 3.05) is 20.7 Å². The van der Waals surface area contributed by atoms with Gasteiger partial charge < -0.3 is 19.7 Å². The van der Waals surface area contributed by atoms with Crippen molar-refractivity contribution < 1.29 is 32.3 Å². The van der Waals surface area contributed by atoms with Crippen LogP contribution in [0.4, 0.5) is 0 Å². The number of carbonyl (C=O) groups is 3. The van der Waals surface area contributed by atoms with Gasteiger partial charge in [-0.2, -0.15) is 0 Å². The zero-order valence-electron chi connectivity index (χ0n) is 31.3. The van der Waals surface area contributed by atoms with Gasteiger partial charge in [0, 0.05) is 71.5 Å². The third kappa shape index (κ3) is 8.03. The molecule has 279 valence electrons. The first-order valence-electron chi connectivity index (χ1n) is 18.2. The Kier molecular flexibility index (Phi) is 11.7. The molecule has 7 rings (SSSR count). The van der Waals surface area contributed by atoms with Crippen molar-refractivity contribution in [2.24, 2.45) is 17.8 Å². The van der Waals surface area contributed by atoms with Gasteiger partial charge in [0.2, 0.25) is 21.8 Å². The molecule has 1 aromatic carbocycles. The number of allylic oxidation sites excluding steroid dienone is 1. The molecule has 1 aliphatic heterocycles. The van der Waals surface area contributed by atoms with Gasteiger partial charge in [-0.1, -0.05) is 26.0 Å². The topological polar surface area (TPSA) is 157 Å². The number of methoxy groups -OCH3 is 1. The molecule has 2 N–H and O–H groups in total. The Bertz CT molecular complexity index is 2050. The van der Waals surface area contributed by atoms with Crippen molar-refractivity contribution in [3.63, 3.8) is 0 Å². The fourth-order valence-corrected chi connectivity index (χ4v) is 9.85. The summed E-state index contributed by atoms with van der Waals surface area (Å²) in [6.45, 7) is 6.69. The van der Waals surface area contributed by atoms with Crippen LogP contribution >= 0.6 is 11.3 Å². The smallest absolute Gasteiger partial charge is 0.259 e. The van der Waals surface area contributed by atoms with E-state index < -0.39 is 50.6 Å². The summed E-state index contributed by atoms with van der Waals surface area (Å²) in [5.41, 5.74) is 1.79. The van der Waals surface area contributed by atoms with Crippen molar-refractivity contribution in [3.05, 3.63) is 47.0 Å². The first-order chi connectivity index (χ1) is 24.8. The summed E-state index contributed by atoms with van der Waals surface area (Å²) >= 11 is 1.51. The fourth-order valence-electron chi connectivity index (χ4n) is 7.55. The minimum Gasteiger partial charge on any atom is -0.496 e. The van der Waals surface area contributed by atoms with Crippen LogP contribution in [0.15, 0.2) is 35.7 Å². The number of nitrogens with zero attached hydrogens (tertiary/aromatic N) is 3. The Morgan fingerprint density at radius 3 is 2.57 bits per heavy atom. The van der Waals surface area contributed by atoms with Crippen LogP contribution in [0, 0.1) is 24.7 Å². The monoisotopic (exact) mass is 772 g/mol. The van der Waals surface area contributed by atoms with Gasteiger partial charge in [0.25, 0.3) is 5.91 Å². The van der Waals surface area contributed by atoms with Crippen LogP contribution < -0.4 is 19.5 Å². The number of fused-ring (bicyclic) bond motifs is 3.